The Kier molecular flexibility index (Phi) is 3.16. The van der Waals surface area contributed by atoms with E-state index in [1.807, 2.05) is 36.4 Å². The minimum absolute atomic E-state index is 0.0716. The zero-order valence-electron chi connectivity index (χ0n) is 10.7. The molecule has 0 aliphatic carbocycles. The molecule has 0 amide bonds. The van der Waals surface area contributed by atoms with Gasteiger partial charge in [0.15, 0.2) is 0 Å². The maximum absolute atomic E-state index is 10.6. The zero-order chi connectivity index (χ0) is 14.1. The second-order valence-electron chi connectivity index (χ2n) is 4.77. The van der Waals surface area contributed by atoms with Crippen LogP contribution in [-0.2, 0) is 4.79 Å². The highest BCUT2D eigenvalue weighted by atomic mass is 16.4. The van der Waals surface area contributed by atoms with E-state index >= 15 is 0 Å². The summed E-state index contributed by atoms with van der Waals surface area (Å²) in [5.41, 5.74) is 2.03. The number of carbonyl (C=O) groups is 1. The first-order valence-electron chi connectivity index (χ1n) is 6.47. The van der Waals surface area contributed by atoms with Crippen molar-refractivity contribution in [3.63, 3.8) is 0 Å². The quantitative estimate of drug-likeness (QED) is 0.761. The maximum Gasteiger partial charge on any atom is 0.303 e. The Balaban J connectivity index is 2.09. The first kappa shape index (κ1) is 12.7. The number of rotatable bonds is 4. The largest absolute Gasteiger partial charge is 0.481 e. The zero-order valence-corrected chi connectivity index (χ0v) is 10.7. The Labute approximate surface area is 115 Å². The molecular formula is C16H14O4. The summed E-state index contributed by atoms with van der Waals surface area (Å²) in [7, 11) is 0. The van der Waals surface area contributed by atoms with E-state index in [0.29, 0.717) is 11.1 Å². The number of benzene rings is 2. The number of furan rings is 1. The van der Waals surface area contributed by atoms with Gasteiger partial charge < -0.3 is 14.6 Å². The Morgan fingerprint density at radius 1 is 1.10 bits per heavy atom. The Bertz CT molecular complexity index is 772. The summed E-state index contributed by atoms with van der Waals surface area (Å²) in [6.07, 6.45) is -0.737. The third-order valence-electron chi connectivity index (χ3n) is 3.43. The van der Waals surface area contributed by atoms with E-state index < -0.39 is 12.1 Å². The van der Waals surface area contributed by atoms with Gasteiger partial charge in [0, 0.05) is 22.8 Å². The van der Waals surface area contributed by atoms with Gasteiger partial charge in [0.25, 0.3) is 0 Å². The number of aliphatic hydroxyl groups excluding tert-OH is 1. The third kappa shape index (κ3) is 2.14. The van der Waals surface area contributed by atoms with Crippen molar-refractivity contribution in [2.75, 3.05) is 0 Å². The summed E-state index contributed by atoms with van der Waals surface area (Å²) < 4.78 is 5.80. The van der Waals surface area contributed by atoms with Crippen LogP contribution in [0.25, 0.3) is 21.9 Å². The number of aliphatic carboxylic acids is 1. The van der Waals surface area contributed by atoms with Crippen LogP contribution < -0.4 is 0 Å². The average Bonchev–Trinajstić information content (AvgIpc) is 2.83. The molecular weight excluding hydrogens is 256 g/mol. The van der Waals surface area contributed by atoms with Gasteiger partial charge >= 0.3 is 5.97 Å². The lowest BCUT2D eigenvalue weighted by Crippen LogP contribution is -2.02. The Morgan fingerprint density at radius 2 is 1.85 bits per heavy atom. The Hall–Kier alpha value is -2.33. The second-order valence-corrected chi connectivity index (χ2v) is 4.77. The first-order valence-corrected chi connectivity index (χ1v) is 6.47. The molecule has 2 N–H and O–H groups in total. The number of hydrogen-bond donors (Lipinski definition) is 2. The molecule has 1 heterocycles. The van der Waals surface area contributed by atoms with E-state index in [0.717, 1.165) is 16.4 Å². The van der Waals surface area contributed by atoms with E-state index in [4.69, 9.17) is 9.52 Å². The first-order chi connectivity index (χ1) is 9.66. The van der Waals surface area contributed by atoms with Crippen molar-refractivity contribution in [1.82, 2.24) is 0 Å². The summed E-state index contributed by atoms with van der Waals surface area (Å²) in [5.74, 6) is -0.916. The molecule has 20 heavy (non-hydrogen) atoms. The smallest absolute Gasteiger partial charge is 0.303 e. The number of aliphatic hydroxyl groups is 1. The number of carboxylic acid groups (broad SMARTS) is 1. The molecule has 1 aromatic heterocycles. The highest BCUT2D eigenvalue weighted by Gasteiger charge is 2.16. The van der Waals surface area contributed by atoms with Crippen molar-refractivity contribution in [1.29, 1.82) is 0 Å². The monoisotopic (exact) mass is 270 g/mol. The highest BCUT2D eigenvalue weighted by Crippen LogP contribution is 2.34. The third-order valence-corrected chi connectivity index (χ3v) is 3.43. The van der Waals surface area contributed by atoms with E-state index in [1.54, 1.807) is 6.07 Å². The van der Waals surface area contributed by atoms with Gasteiger partial charge in [-0.05, 0) is 12.5 Å². The summed E-state index contributed by atoms with van der Waals surface area (Å²) >= 11 is 0. The lowest BCUT2D eigenvalue weighted by molar-refractivity contribution is -0.137. The maximum atomic E-state index is 10.6. The molecule has 0 radical (unpaired) electrons. The van der Waals surface area contributed by atoms with Crippen LogP contribution in [0.2, 0.25) is 0 Å². The minimum Gasteiger partial charge on any atom is -0.481 e. The van der Waals surface area contributed by atoms with Crippen LogP contribution in [0.15, 0.2) is 46.9 Å². The minimum atomic E-state index is -0.916. The van der Waals surface area contributed by atoms with E-state index in [2.05, 4.69) is 0 Å². The van der Waals surface area contributed by atoms with Crippen molar-refractivity contribution >= 4 is 27.9 Å². The molecule has 1 atom stereocenters. The van der Waals surface area contributed by atoms with Crippen LogP contribution in [0.1, 0.15) is 24.5 Å². The molecule has 3 rings (SSSR count). The van der Waals surface area contributed by atoms with Gasteiger partial charge in [-0.15, -0.1) is 0 Å². The summed E-state index contributed by atoms with van der Waals surface area (Å²) in [4.78, 5) is 10.6. The van der Waals surface area contributed by atoms with Crippen molar-refractivity contribution < 1.29 is 19.4 Å². The lowest BCUT2D eigenvalue weighted by Gasteiger charge is -2.09. The van der Waals surface area contributed by atoms with Gasteiger partial charge in [-0.25, -0.2) is 0 Å². The van der Waals surface area contributed by atoms with Gasteiger partial charge in [-0.2, -0.15) is 0 Å². The van der Waals surface area contributed by atoms with Gasteiger partial charge in [0.2, 0.25) is 0 Å². The van der Waals surface area contributed by atoms with Crippen molar-refractivity contribution in [3.05, 3.63) is 48.0 Å². The molecule has 2 aromatic carbocycles. The van der Waals surface area contributed by atoms with Gasteiger partial charge in [-0.3, -0.25) is 4.79 Å². The van der Waals surface area contributed by atoms with Crippen molar-refractivity contribution in [2.24, 2.45) is 0 Å². The molecule has 4 nitrogen and oxygen atoms in total. The van der Waals surface area contributed by atoms with Gasteiger partial charge in [0.1, 0.15) is 11.2 Å². The SMILES string of the molecule is O=C(O)CCC(O)c1cccc2c1oc1ccccc12. The van der Waals surface area contributed by atoms with E-state index in [9.17, 15) is 9.90 Å². The van der Waals surface area contributed by atoms with Crippen LogP contribution in [0.3, 0.4) is 0 Å². The summed E-state index contributed by atoms with van der Waals surface area (Å²) in [6, 6.07) is 13.2. The second kappa shape index (κ2) is 4.98. The van der Waals surface area contributed by atoms with Crippen LogP contribution in [-0.4, -0.2) is 16.2 Å². The predicted molar refractivity (Wildman–Crippen MR) is 75.5 cm³/mol. The fourth-order valence-corrected chi connectivity index (χ4v) is 2.45. The Morgan fingerprint density at radius 3 is 2.65 bits per heavy atom. The number of hydrogen-bond acceptors (Lipinski definition) is 3. The standard InChI is InChI=1S/C16H14O4/c17-13(8-9-15(18)19)12-6-3-5-11-10-4-1-2-7-14(10)20-16(11)12/h1-7,13,17H,8-9H2,(H,18,19). The van der Waals surface area contributed by atoms with Crippen LogP contribution in [0, 0.1) is 0 Å². The van der Waals surface area contributed by atoms with Crippen LogP contribution in [0.4, 0.5) is 0 Å². The van der Waals surface area contributed by atoms with Gasteiger partial charge in [0.05, 0.1) is 6.10 Å². The normalized spacial score (nSPS) is 12.8. The molecule has 0 aliphatic rings. The molecule has 0 fully saturated rings. The summed E-state index contributed by atoms with van der Waals surface area (Å²) in [6.45, 7) is 0. The average molecular weight is 270 g/mol. The van der Waals surface area contributed by atoms with Crippen LogP contribution in [0.5, 0.6) is 0 Å². The number of fused-ring (bicyclic) bond motifs is 3. The van der Waals surface area contributed by atoms with Crippen molar-refractivity contribution in [3.8, 4) is 0 Å². The van der Waals surface area contributed by atoms with Crippen LogP contribution >= 0.6 is 0 Å². The molecule has 0 aliphatic heterocycles. The van der Waals surface area contributed by atoms with Crippen molar-refractivity contribution in [2.45, 2.75) is 18.9 Å². The van der Waals surface area contributed by atoms with Gasteiger partial charge in [-0.1, -0.05) is 36.4 Å². The molecule has 3 aromatic rings. The summed E-state index contributed by atoms with van der Waals surface area (Å²) in [5, 5.41) is 20.8. The fraction of sp³-hybridized carbons (Fsp3) is 0.188. The highest BCUT2D eigenvalue weighted by molar-refractivity contribution is 6.05. The molecule has 0 spiro atoms. The van der Waals surface area contributed by atoms with E-state index in [1.165, 1.54) is 0 Å². The molecule has 4 heteroatoms. The topological polar surface area (TPSA) is 70.7 Å². The predicted octanol–water partition coefficient (Wildman–Crippen LogP) is 3.48. The number of para-hydroxylation sites is 2. The lowest BCUT2D eigenvalue weighted by atomic mass is 10.0. The molecule has 0 saturated heterocycles. The fourth-order valence-electron chi connectivity index (χ4n) is 2.45. The molecule has 0 saturated carbocycles. The number of carboxylic acids is 1. The molecule has 1 unspecified atom stereocenters. The van der Waals surface area contributed by atoms with E-state index in [-0.39, 0.29) is 12.8 Å². The molecule has 102 valence electrons. The molecule has 0 bridgehead atoms.